The molecular weight excluding hydrogens is 582 g/mol. The molecule has 12 heteroatoms. The summed E-state index contributed by atoms with van der Waals surface area (Å²) in [5.41, 5.74) is 0. The van der Waals surface area contributed by atoms with Gasteiger partial charge in [0, 0.05) is 102 Å². The summed E-state index contributed by atoms with van der Waals surface area (Å²) in [6, 6.07) is 0. The van der Waals surface area contributed by atoms with Gasteiger partial charge in [0.25, 0.3) is 0 Å². The number of carbonyl (C=O) groups is 4. The summed E-state index contributed by atoms with van der Waals surface area (Å²) in [6.45, 7) is 20.0. The minimum absolute atomic E-state index is 0. The first-order chi connectivity index (χ1) is 11.3. The summed E-state index contributed by atoms with van der Waals surface area (Å²) in [7, 11) is 0. The van der Waals surface area contributed by atoms with E-state index in [-0.39, 0.29) is 77.9 Å². The quantitative estimate of drug-likeness (QED) is 0.216. The second-order valence-corrected chi connectivity index (χ2v) is 2.02. The standard InChI is InChI=1S/2C4H4O4.4C2H5.4Zn/c2*5-3(6)1-2-4(7)8;4*1-2;;;;/h2*1-2H,(H,5,6)(H,7,8);4*1H2,2H3;;;;/q;;4*-1;;;;/b2*2-1+;;;;;;;;. The Labute approximate surface area is 219 Å². The van der Waals surface area contributed by atoms with Crippen LogP contribution in [0.5, 0.6) is 0 Å². The van der Waals surface area contributed by atoms with E-state index in [2.05, 4.69) is 27.7 Å². The van der Waals surface area contributed by atoms with Crippen molar-refractivity contribution in [1.29, 1.82) is 0 Å². The maximum Gasteiger partial charge on any atom is 0.328 e. The van der Waals surface area contributed by atoms with Crippen molar-refractivity contribution in [2.75, 3.05) is 0 Å². The smallest absolute Gasteiger partial charge is 0.328 e. The number of rotatable bonds is 4. The number of hydrogen-bond acceptors (Lipinski definition) is 4. The van der Waals surface area contributed by atoms with E-state index in [4.69, 9.17) is 20.4 Å². The van der Waals surface area contributed by atoms with Crippen LogP contribution in [0, 0.1) is 27.7 Å². The molecule has 0 aromatic carbocycles. The molecule has 0 aliphatic carbocycles. The van der Waals surface area contributed by atoms with Gasteiger partial charge in [0.15, 0.2) is 0 Å². The number of carboxylic acids is 4. The van der Waals surface area contributed by atoms with Crippen LogP contribution in [0.4, 0.5) is 0 Å². The van der Waals surface area contributed by atoms with Crippen LogP contribution < -0.4 is 0 Å². The fraction of sp³-hybridized carbons (Fsp3) is 0.250. The van der Waals surface area contributed by atoms with E-state index in [9.17, 15) is 19.2 Å². The third kappa shape index (κ3) is 164. The van der Waals surface area contributed by atoms with Crippen LogP contribution in [0.25, 0.3) is 0 Å². The molecule has 0 atom stereocenters. The molecular formula is C16H28O8Zn4-4. The number of carboxylic acid groups (broad SMARTS) is 4. The van der Waals surface area contributed by atoms with Crippen LogP contribution in [-0.4, -0.2) is 44.3 Å². The van der Waals surface area contributed by atoms with E-state index in [0.717, 1.165) is 0 Å². The molecule has 0 bridgehead atoms. The van der Waals surface area contributed by atoms with E-state index in [1.807, 2.05) is 0 Å². The van der Waals surface area contributed by atoms with Gasteiger partial charge in [0.2, 0.25) is 0 Å². The Kier molecular flexibility index (Phi) is 161. The van der Waals surface area contributed by atoms with Crippen molar-refractivity contribution in [1.82, 2.24) is 0 Å². The van der Waals surface area contributed by atoms with Gasteiger partial charge in [0.05, 0.1) is 0 Å². The van der Waals surface area contributed by atoms with E-state index in [1.54, 1.807) is 27.7 Å². The van der Waals surface area contributed by atoms with Crippen molar-refractivity contribution in [3.63, 3.8) is 0 Å². The van der Waals surface area contributed by atoms with Gasteiger partial charge >= 0.3 is 23.9 Å². The molecule has 0 saturated heterocycles. The summed E-state index contributed by atoms with van der Waals surface area (Å²) in [5.74, 6) is -5.03. The first-order valence-electron chi connectivity index (χ1n) is 6.36. The van der Waals surface area contributed by atoms with Crippen LogP contribution in [0.2, 0.25) is 0 Å². The summed E-state index contributed by atoms with van der Waals surface area (Å²) >= 11 is 0. The maximum absolute atomic E-state index is 9.55. The van der Waals surface area contributed by atoms with Crippen molar-refractivity contribution in [2.24, 2.45) is 0 Å². The molecule has 4 N–H and O–H groups in total. The SMILES string of the molecule is O=C(O)/C=C/C(=O)O.O=C(O)/C=C/C(=O)O.[CH2-]C.[CH2-]C.[CH2-]C.[CH2-]C.[Zn].[Zn].[Zn].[Zn]. The first kappa shape index (κ1) is 63.0. The van der Waals surface area contributed by atoms with Gasteiger partial charge in [-0.05, 0) is 0 Å². The third-order valence-electron chi connectivity index (χ3n) is 0.737. The van der Waals surface area contributed by atoms with Crippen molar-refractivity contribution >= 4 is 23.9 Å². The largest absolute Gasteiger partial charge is 0.478 e. The van der Waals surface area contributed by atoms with Crippen molar-refractivity contribution < 1.29 is 118 Å². The average Bonchev–Trinajstić information content (AvgIpc) is 2.59. The third-order valence-corrected chi connectivity index (χ3v) is 0.737. The summed E-state index contributed by atoms with van der Waals surface area (Å²) in [5, 5.41) is 31.2. The topological polar surface area (TPSA) is 149 Å². The second kappa shape index (κ2) is 71.4. The van der Waals surface area contributed by atoms with E-state index in [1.165, 1.54) is 0 Å². The second-order valence-electron chi connectivity index (χ2n) is 2.02. The first-order valence-corrected chi connectivity index (χ1v) is 6.36. The Morgan fingerprint density at radius 1 is 0.429 bits per heavy atom. The van der Waals surface area contributed by atoms with Gasteiger partial charge in [-0.25, -0.2) is 19.2 Å². The molecule has 8 nitrogen and oxygen atoms in total. The minimum Gasteiger partial charge on any atom is -0.478 e. The zero-order valence-corrected chi connectivity index (χ0v) is 29.3. The molecule has 0 aromatic heterocycles. The molecule has 152 valence electrons. The normalized spacial score (nSPS) is 6.29. The molecule has 0 radical (unpaired) electrons. The molecule has 0 rings (SSSR count). The van der Waals surface area contributed by atoms with Crippen molar-refractivity contribution in [3.8, 4) is 0 Å². The van der Waals surface area contributed by atoms with Gasteiger partial charge in [-0.1, -0.05) is 0 Å². The van der Waals surface area contributed by atoms with Crippen LogP contribution in [0.15, 0.2) is 24.3 Å². The molecule has 0 aliphatic rings. The molecule has 0 heterocycles. The Morgan fingerprint density at radius 3 is 0.536 bits per heavy atom. The van der Waals surface area contributed by atoms with Crippen molar-refractivity contribution in [2.45, 2.75) is 27.7 Å². The zero-order valence-electron chi connectivity index (χ0n) is 17.4. The Hall–Kier alpha value is -0.146. The average molecular weight is 610 g/mol. The molecule has 0 fully saturated rings. The molecule has 28 heavy (non-hydrogen) atoms. The fourth-order valence-electron chi connectivity index (χ4n) is 0.285. The summed E-state index contributed by atoms with van der Waals surface area (Å²) in [4.78, 5) is 38.2. The minimum atomic E-state index is -1.26. The van der Waals surface area contributed by atoms with Gasteiger partial charge in [0.1, 0.15) is 0 Å². The van der Waals surface area contributed by atoms with Gasteiger partial charge in [-0.15, -0.1) is 0 Å². The fourth-order valence-corrected chi connectivity index (χ4v) is 0.285. The number of hydrogen-bond donors (Lipinski definition) is 4. The monoisotopic (exact) mass is 604 g/mol. The Morgan fingerprint density at radius 2 is 0.500 bits per heavy atom. The van der Waals surface area contributed by atoms with E-state index < -0.39 is 23.9 Å². The predicted octanol–water partition coefficient (Wildman–Crippen LogP) is 2.78. The van der Waals surface area contributed by atoms with Gasteiger partial charge in [-0.3, -0.25) is 0 Å². The van der Waals surface area contributed by atoms with Crippen LogP contribution in [0.3, 0.4) is 0 Å². The summed E-state index contributed by atoms with van der Waals surface area (Å²) in [6.07, 6.45) is 2.23. The Bertz CT molecular complexity index is 295. The Balaban J connectivity index is -0.0000000192. The van der Waals surface area contributed by atoms with Gasteiger partial charge in [-0.2, -0.15) is 27.7 Å². The molecule has 0 saturated carbocycles. The number of aliphatic carboxylic acids is 4. The summed E-state index contributed by atoms with van der Waals surface area (Å²) < 4.78 is 0. The molecule has 0 aliphatic heterocycles. The van der Waals surface area contributed by atoms with Crippen LogP contribution in [-0.2, 0) is 97.1 Å². The molecule has 0 spiro atoms. The molecule has 0 aromatic rings. The predicted molar refractivity (Wildman–Crippen MR) is 92.9 cm³/mol. The van der Waals surface area contributed by atoms with Crippen LogP contribution >= 0.6 is 0 Å². The molecule has 0 amide bonds. The maximum atomic E-state index is 9.55. The van der Waals surface area contributed by atoms with Gasteiger partial charge < -0.3 is 48.1 Å². The zero-order chi connectivity index (χ0) is 21.1. The van der Waals surface area contributed by atoms with Crippen LogP contribution in [0.1, 0.15) is 27.7 Å². The molecule has 0 unspecified atom stereocenters. The van der Waals surface area contributed by atoms with E-state index in [0.29, 0.717) is 24.3 Å². The van der Waals surface area contributed by atoms with Crippen molar-refractivity contribution in [3.05, 3.63) is 52.0 Å². The van der Waals surface area contributed by atoms with E-state index >= 15 is 0 Å².